The first-order chi connectivity index (χ1) is 6.81. The number of hydrogen-bond donors (Lipinski definition) is 3. The van der Waals surface area contributed by atoms with Crippen LogP contribution in [0.2, 0.25) is 0 Å². The van der Waals surface area contributed by atoms with E-state index >= 15 is 0 Å². The minimum absolute atomic E-state index is 0.403. The molecule has 0 aromatic carbocycles. The average Bonchev–Trinajstić information content (AvgIpc) is 1.99. The minimum Gasteiger partial charge on any atom is -0.444 e. The van der Waals surface area contributed by atoms with Gasteiger partial charge in [0.15, 0.2) is 0 Å². The lowest BCUT2D eigenvalue weighted by atomic mass is 10.2. The highest BCUT2D eigenvalue weighted by Crippen LogP contribution is 2.06. The van der Waals surface area contributed by atoms with Gasteiger partial charge in [0.2, 0.25) is 0 Å². The Bertz CT molecular complexity index is 188. The molecule has 15 heavy (non-hydrogen) atoms. The summed E-state index contributed by atoms with van der Waals surface area (Å²) in [6.07, 6.45) is -0.157. The number of hydrogen-bond acceptors (Lipinski definition) is 4. The molecule has 0 radical (unpaired) electrons. The van der Waals surface area contributed by atoms with Gasteiger partial charge in [-0.05, 0) is 40.7 Å². The van der Waals surface area contributed by atoms with Crippen LogP contribution in [0.5, 0.6) is 0 Å². The zero-order valence-electron chi connectivity index (χ0n) is 9.96. The van der Waals surface area contributed by atoms with Gasteiger partial charge in [-0.3, -0.25) is 5.32 Å². The van der Waals surface area contributed by atoms with Gasteiger partial charge in [0, 0.05) is 6.54 Å². The summed E-state index contributed by atoms with van der Waals surface area (Å²) in [5.74, 6) is 0. The predicted molar refractivity (Wildman–Crippen MR) is 58.5 cm³/mol. The number of amides is 1. The molecular weight excluding hydrogens is 196 g/mol. The summed E-state index contributed by atoms with van der Waals surface area (Å²) in [5, 5.41) is 14.4. The molecule has 1 atom stereocenters. The van der Waals surface area contributed by atoms with Crippen molar-refractivity contribution in [3.05, 3.63) is 0 Å². The standard InChI is InChI=1S/C10H22N2O3/c1-8(13)11-6-5-7-12-9(14)15-10(2,3)4/h8,11,13H,5-7H2,1-4H3,(H,12,14). The van der Waals surface area contributed by atoms with Gasteiger partial charge >= 0.3 is 6.09 Å². The molecule has 0 aromatic rings. The molecule has 0 saturated heterocycles. The Hall–Kier alpha value is -0.810. The van der Waals surface area contributed by atoms with Crippen LogP contribution in [0.3, 0.4) is 0 Å². The number of rotatable bonds is 5. The van der Waals surface area contributed by atoms with Crippen LogP contribution in [0, 0.1) is 0 Å². The number of aliphatic hydroxyl groups is 1. The predicted octanol–water partition coefficient (Wildman–Crippen LogP) is 0.829. The minimum atomic E-state index is -0.508. The van der Waals surface area contributed by atoms with E-state index in [0.717, 1.165) is 6.42 Å². The van der Waals surface area contributed by atoms with Gasteiger partial charge in [0.25, 0.3) is 0 Å². The van der Waals surface area contributed by atoms with Crippen molar-refractivity contribution in [2.75, 3.05) is 13.1 Å². The van der Waals surface area contributed by atoms with E-state index in [0.29, 0.717) is 13.1 Å². The number of nitrogens with one attached hydrogen (secondary N) is 2. The summed E-state index contributed by atoms with van der Waals surface area (Å²) >= 11 is 0. The number of ether oxygens (including phenoxy) is 1. The van der Waals surface area contributed by atoms with Crippen LogP contribution in [0.15, 0.2) is 0 Å². The van der Waals surface area contributed by atoms with E-state index in [2.05, 4.69) is 10.6 Å². The Morgan fingerprint density at radius 2 is 2.00 bits per heavy atom. The van der Waals surface area contributed by atoms with E-state index in [-0.39, 0.29) is 0 Å². The summed E-state index contributed by atoms with van der Waals surface area (Å²) in [7, 11) is 0. The lowest BCUT2D eigenvalue weighted by Gasteiger charge is -2.19. The molecule has 0 fully saturated rings. The van der Waals surface area contributed by atoms with Gasteiger partial charge in [-0.2, -0.15) is 0 Å². The maximum Gasteiger partial charge on any atom is 0.407 e. The Morgan fingerprint density at radius 1 is 1.40 bits per heavy atom. The van der Waals surface area contributed by atoms with Gasteiger partial charge in [-0.1, -0.05) is 0 Å². The largest absolute Gasteiger partial charge is 0.444 e. The molecule has 3 N–H and O–H groups in total. The first kappa shape index (κ1) is 14.2. The van der Waals surface area contributed by atoms with Crippen molar-refractivity contribution < 1.29 is 14.6 Å². The van der Waals surface area contributed by atoms with Crippen molar-refractivity contribution in [3.63, 3.8) is 0 Å². The van der Waals surface area contributed by atoms with Crippen molar-refractivity contribution >= 4 is 6.09 Å². The third-order valence-electron chi connectivity index (χ3n) is 1.46. The third-order valence-corrected chi connectivity index (χ3v) is 1.46. The van der Waals surface area contributed by atoms with E-state index in [1.54, 1.807) is 6.92 Å². The number of carbonyl (C=O) groups excluding carboxylic acids is 1. The summed E-state index contributed by atoms with van der Waals surface area (Å²) < 4.78 is 5.05. The molecule has 90 valence electrons. The van der Waals surface area contributed by atoms with E-state index in [9.17, 15) is 4.79 Å². The van der Waals surface area contributed by atoms with Crippen molar-refractivity contribution in [2.24, 2.45) is 0 Å². The molecule has 5 heteroatoms. The molecular formula is C10H22N2O3. The second kappa shape index (κ2) is 6.63. The molecule has 0 aromatic heterocycles. The highest BCUT2D eigenvalue weighted by Gasteiger charge is 2.15. The van der Waals surface area contributed by atoms with E-state index < -0.39 is 17.9 Å². The zero-order chi connectivity index (χ0) is 11.9. The van der Waals surface area contributed by atoms with Crippen LogP contribution in [-0.2, 0) is 4.74 Å². The van der Waals surface area contributed by atoms with Crippen LogP contribution >= 0.6 is 0 Å². The van der Waals surface area contributed by atoms with Crippen LogP contribution in [0.25, 0.3) is 0 Å². The van der Waals surface area contributed by atoms with Gasteiger partial charge < -0.3 is 15.2 Å². The molecule has 0 aliphatic heterocycles. The van der Waals surface area contributed by atoms with Crippen molar-refractivity contribution in [1.29, 1.82) is 0 Å². The molecule has 0 spiro atoms. The van der Waals surface area contributed by atoms with Gasteiger partial charge in [0.1, 0.15) is 11.8 Å². The number of aliphatic hydroxyl groups excluding tert-OH is 1. The van der Waals surface area contributed by atoms with Crippen molar-refractivity contribution in [2.45, 2.75) is 45.9 Å². The summed E-state index contributed by atoms with van der Waals surface area (Å²) in [5.41, 5.74) is -0.456. The molecule has 0 heterocycles. The second-order valence-electron chi connectivity index (χ2n) is 4.41. The molecule has 1 amide bonds. The van der Waals surface area contributed by atoms with Gasteiger partial charge in [0.05, 0.1) is 0 Å². The van der Waals surface area contributed by atoms with Crippen LogP contribution in [0.1, 0.15) is 34.1 Å². The summed E-state index contributed by atoms with van der Waals surface area (Å²) in [4.78, 5) is 11.2. The topological polar surface area (TPSA) is 70.6 Å². The fourth-order valence-corrected chi connectivity index (χ4v) is 0.904. The molecule has 0 saturated carbocycles. The second-order valence-corrected chi connectivity index (χ2v) is 4.41. The fraction of sp³-hybridized carbons (Fsp3) is 0.900. The lowest BCUT2D eigenvalue weighted by Crippen LogP contribution is -2.34. The SMILES string of the molecule is CC(O)NCCCNC(=O)OC(C)(C)C. The smallest absolute Gasteiger partial charge is 0.407 e. The van der Waals surface area contributed by atoms with E-state index in [4.69, 9.17) is 9.84 Å². The third kappa shape index (κ3) is 11.1. The highest BCUT2D eigenvalue weighted by atomic mass is 16.6. The molecule has 1 unspecified atom stereocenters. The maximum absolute atomic E-state index is 11.2. The highest BCUT2D eigenvalue weighted by molar-refractivity contribution is 5.67. The molecule has 0 aliphatic carbocycles. The average molecular weight is 218 g/mol. The monoisotopic (exact) mass is 218 g/mol. The summed E-state index contributed by atoms with van der Waals surface area (Å²) in [6.45, 7) is 8.31. The van der Waals surface area contributed by atoms with Crippen LogP contribution in [-0.4, -0.2) is 36.1 Å². The number of carbonyl (C=O) groups is 1. The Morgan fingerprint density at radius 3 is 2.47 bits per heavy atom. The number of alkyl carbamates (subject to hydrolysis) is 1. The Kier molecular flexibility index (Phi) is 6.27. The first-order valence-electron chi connectivity index (χ1n) is 5.19. The van der Waals surface area contributed by atoms with Crippen LogP contribution in [0.4, 0.5) is 4.79 Å². The Labute approximate surface area is 91.2 Å². The van der Waals surface area contributed by atoms with Crippen molar-refractivity contribution in [1.82, 2.24) is 10.6 Å². The first-order valence-corrected chi connectivity index (χ1v) is 5.19. The van der Waals surface area contributed by atoms with E-state index in [1.165, 1.54) is 0 Å². The lowest BCUT2D eigenvalue weighted by molar-refractivity contribution is 0.0527. The molecule has 0 aliphatic rings. The quantitative estimate of drug-likeness (QED) is 0.472. The fourth-order valence-electron chi connectivity index (χ4n) is 0.904. The van der Waals surface area contributed by atoms with Gasteiger partial charge in [-0.15, -0.1) is 0 Å². The normalized spacial score (nSPS) is 13.4. The van der Waals surface area contributed by atoms with Crippen molar-refractivity contribution in [3.8, 4) is 0 Å². The molecule has 0 bridgehead atoms. The molecule has 5 nitrogen and oxygen atoms in total. The van der Waals surface area contributed by atoms with E-state index in [1.807, 2.05) is 20.8 Å². The maximum atomic E-state index is 11.2. The van der Waals surface area contributed by atoms with Gasteiger partial charge in [-0.25, -0.2) is 4.79 Å². The zero-order valence-corrected chi connectivity index (χ0v) is 9.96. The van der Waals surface area contributed by atoms with Crippen LogP contribution < -0.4 is 10.6 Å². The Balaban J connectivity index is 3.40. The summed E-state index contributed by atoms with van der Waals surface area (Å²) in [6, 6.07) is 0. The molecule has 0 rings (SSSR count).